The Morgan fingerprint density at radius 2 is 2.38 bits per heavy atom. The van der Waals surface area contributed by atoms with Crippen LogP contribution in [-0.2, 0) is 16.3 Å². The Morgan fingerprint density at radius 3 is 2.94 bits per heavy atom. The van der Waals surface area contributed by atoms with Gasteiger partial charge in [-0.25, -0.2) is 8.42 Å². The van der Waals surface area contributed by atoms with E-state index in [4.69, 9.17) is 5.73 Å². The van der Waals surface area contributed by atoms with Gasteiger partial charge in [-0.1, -0.05) is 6.07 Å². The molecule has 0 spiro atoms. The molecule has 1 aromatic rings. The van der Waals surface area contributed by atoms with Crippen LogP contribution in [0, 0.1) is 5.92 Å². The summed E-state index contributed by atoms with van der Waals surface area (Å²) < 4.78 is 22.6. The van der Waals surface area contributed by atoms with Crippen LogP contribution in [0.2, 0.25) is 0 Å². The fraction of sp³-hybridized carbons (Fsp3) is 0.636. The Hall–Kier alpha value is -0.390. The Bertz CT molecular complexity index is 425. The summed E-state index contributed by atoms with van der Waals surface area (Å²) in [5.74, 6) is 0.785. The van der Waals surface area contributed by atoms with Crippen LogP contribution in [0.3, 0.4) is 0 Å². The van der Waals surface area contributed by atoms with Crippen molar-refractivity contribution in [1.82, 2.24) is 0 Å². The highest BCUT2D eigenvalue weighted by atomic mass is 32.2. The van der Waals surface area contributed by atoms with Crippen molar-refractivity contribution in [3.8, 4) is 0 Å². The van der Waals surface area contributed by atoms with Crippen LogP contribution in [0.25, 0.3) is 0 Å². The summed E-state index contributed by atoms with van der Waals surface area (Å²) in [5, 5.41) is 2.06. The molecule has 1 aliphatic rings. The second kappa shape index (κ2) is 4.85. The Kier molecular flexibility index (Phi) is 3.66. The van der Waals surface area contributed by atoms with E-state index in [0.717, 1.165) is 19.3 Å². The van der Waals surface area contributed by atoms with Crippen LogP contribution in [-0.4, -0.2) is 26.0 Å². The molecular weight excluding hydrogens is 242 g/mol. The molecule has 90 valence electrons. The van der Waals surface area contributed by atoms with Gasteiger partial charge in [0.15, 0.2) is 9.84 Å². The summed E-state index contributed by atoms with van der Waals surface area (Å²) in [4.78, 5) is 1.33. The van der Waals surface area contributed by atoms with E-state index < -0.39 is 9.84 Å². The van der Waals surface area contributed by atoms with Gasteiger partial charge in [-0.05, 0) is 36.6 Å². The summed E-state index contributed by atoms with van der Waals surface area (Å²) in [7, 11) is -2.79. The number of hydrogen-bond donors (Lipinski definition) is 1. The number of nitrogens with two attached hydrogens (primary N) is 1. The molecule has 0 aromatic carbocycles. The van der Waals surface area contributed by atoms with E-state index in [1.165, 1.54) is 4.88 Å². The van der Waals surface area contributed by atoms with Crippen LogP contribution >= 0.6 is 11.3 Å². The van der Waals surface area contributed by atoms with Gasteiger partial charge in [0.25, 0.3) is 0 Å². The predicted octanol–water partition coefficient (Wildman–Crippen LogP) is 1.44. The van der Waals surface area contributed by atoms with Crippen LogP contribution < -0.4 is 5.73 Å². The average Bonchev–Trinajstić information content (AvgIpc) is 2.83. The maximum absolute atomic E-state index is 11.3. The van der Waals surface area contributed by atoms with E-state index in [2.05, 4.69) is 11.4 Å². The topological polar surface area (TPSA) is 60.2 Å². The quantitative estimate of drug-likeness (QED) is 0.890. The first-order chi connectivity index (χ1) is 7.57. The summed E-state index contributed by atoms with van der Waals surface area (Å²) in [6.07, 6.45) is 2.60. The molecule has 0 amide bonds. The molecule has 5 heteroatoms. The zero-order valence-corrected chi connectivity index (χ0v) is 10.8. The van der Waals surface area contributed by atoms with Gasteiger partial charge in [-0.2, -0.15) is 0 Å². The molecule has 2 N–H and O–H groups in total. The summed E-state index contributed by atoms with van der Waals surface area (Å²) in [6, 6.07) is 4.16. The number of aryl methyl sites for hydroxylation is 1. The number of rotatable bonds is 4. The third kappa shape index (κ3) is 3.06. The normalized spacial score (nSPS) is 25.7. The van der Waals surface area contributed by atoms with Crippen molar-refractivity contribution in [1.29, 1.82) is 0 Å². The van der Waals surface area contributed by atoms with Gasteiger partial charge >= 0.3 is 0 Å². The summed E-state index contributed by atoms with van der Waals surface area (Å²) in [6.45, 7) is 0. The van der Waals surface area contributed by atoms with Crippen molar-refractivity contribution in [2.45, 2.75) is 25.3 Å². The van der Waals surface area contributed by atoms with Gasteiger partial charge in [-0.15, -0.1) is 11.3 Å². The van der Waals surface area contributed by atoms with Crippen molar-refractivity contribution in [3.63, 3.8) is 0 Å². The van der Waals surface area contributed by atoms with Crippen molar-refractivity contribution < 1.29 is 8.42 Å². The predicted molar refractivity (Wildman–Crippen MR) is 67.4 cm³/mol. The molecule has 2 heterocycles. The number of hydrogen-bond acceptors (Lipinski definition) is 4. The molecule has 3 nitrogen and oxygen atoms in total. The minimum Gasteiger partial charge on any atom is -0.327 e. The summed E-state index contributed by atoms with van der Waals surface area (Å²) >= 11 is 1.73. The highest BCUT2D eigenvalue weighted by Crippen LogP contribution is 2.23. The van der Waals surface area contributed by atoms with Crippen molar-refractivity contribution in [3.05, 3.63) is 22.4 Å². The molecule has 2 rings (SSSR count). The fourth-order valence-electron chi connectivity index (χ4n) is 2.16. The average molecular weight is 259 g/mol. The van der Waals surface area contributed by atoms with E-state index >= 15 is 0 Å². The van der Waals surface area contributed by atoms with Gasteiger partial charge in [0.05, 0.1) is 11.5 Å². The minimum absolute atomic E-state index is 0.0272. The van der Waals surface area contributed by atoms with Gasteiger partial charge in [0, 0.05) is 10.9 Å². The summed E-state index contributed by atoms with van der Waals surface area (Å²) in [5.41, 5.74) is 6.06. The van der Waals surface area contributed by atoms with Gasteiger partial charge in [0.2, 0.25) is 0 Å². The maximum atomic E-state index is 11.3. The van der Waals surface area contributed by atoms with E-state index in [9.17, 15) is 8.42 Å². The van der Waals surface area contributed by atoms with E-state index in [-0.39, 0.29) is 12.0 Å². The van der Waals surface area contributed by atoms with Crippen LogP contribution in [0.1, 0.15) is 17.7 Å². The van der Waals surface area contributed by atoms with E-state index in [1.54, 1.807) is 11.3 Å². The zero-order valence-electron chi connectivity index (χ0n) is 9.13. The number of thiophene rings is 1. The number of sulfone groups is 1. The fourth-order valence-corrected chi connectivity index (χ4v) is 4.78. The standard InChI is InChI=1S/C11H17NO2S2/c12-11(4-3-10-2-1-6-15-10)9-5-7-16(13,14)8-9/h1-2,6,9,11H,3-5,7-8,12H2. The van der Waals surface area contributed by atoms with Gasteiger partial charge < -0.3 is 5.73 Å². The SMILES string of the molecule is NC(CCc1cccs1)C1CCS(=O)(=O)C1. The molecular formula is C11H17NO2S2. The second-order valence-corrected chi connectivity index (χ2v) is 7.71. The molecule has 1 fully saturated rings. The van der Waals surface area contributed by atoms with E-state index in [1.807, 2.05) is 6.07 Å². The third-order valence-electron chi connectivity index (χ3n) is 3.18. The highest BCUT2D eigenvalue weighted by Gasteiger charge is 2.31. The van der Waals surface area contributed by atoms with Gasteiger partial charge in [-0.3, -0.25) is 0 Å². The first-order valence-corrected chi connectivity index (χ1v) is 8.25. The van der Waals surface area contributed by atoms with Crippen molar-refractivity contribution in [2.24, 2.45) is 11.7 Å². The minimum atomic E-state index is -2.79. The van der Waals surface area contributed by atoms with Crippen LogP contribution in [0.15, 0.2) is 17.5 Å². The lowest BCUT2D eigenvalue weighted by molar-refractivity contribution is 0.440. The molecule has 1 aliphatic heterocycles. The Balaban J connectivity index is 1.83. The van der Waals surface area contributed by atoms with Crippen molar-refractivity contribution >= 4 is 21.2 Å². The first kappa shape index (κ1) is 12.1. The third-order valence-corrected chi connectivity index (χ3v) is 5.91. The monoisotopic (exact) mass is 259 g/mol. The molecule has 2 unspecified atom stereocenters. The lowest BCUT2D eigenvalue weighted by atomic mass is 9.96. The smallest absolute Gasteiger partial charge is 0.150 e. The molecule has 1 saturated heterocycles. The molecule has 0 saturated carbocycles. The molecule has 16 heavy (non-hydrogen) atoms. The largest absolute Gasteiger partial charge is 0.327 e. The van der Waals surface area contributed by atoms with Gasteiger partial charge in [0.1, 0.15) is 0 Å². The first-order valence-electron chi connectivity index (χ1n) is 5.55. The Labute approximate surface area is 101 Å². The molecule has 1 aromatic heterocycles. The molecule has 0 bridgehead atoms. The molecule has 0 radical (unpaired) electrons. The molecule has 2 atom stereocenters. The van der Waals surface area contributed by atoms with Crippen LogP contribution in [0.5, 0.6) is 0 Å². The Morgan fingerprint density at radius 1 is 1.56 bits per heavy atom. The van der Waals surface area contributed by atoms with Crippen molar-refractivity contribution in [2.75, 3.05) is 11.5 Å². The maximum Gasteiger partial charge on any atom is 0.150 e. The highest BCUT2D eigenvalue weighted by molar-refractivity contribution is 7.91. The van der Waals surface area contributed by atoms with Crippen LogP contribution in [0.4, 0.5) is 0 Å². The molecule has 0 aliphatic carbocycles. The van der Waals surface area contributed by atoms with E-state index in [0.29, 0.717) is 11.5 Å². The second-order valence-electron chi connectivity index (χ2n) is 4.45. The zero-order chi connectivity index (χ0) is 11.6. The lowest BCUT2D eigenvalue weighted by Gasteiger charge is -2.16. The lowest BCUT2D eigenvalue weighted by Crippen LogP contribution is -2.31.